The van der Waals surface area contributed by atoms with Gasteiger partial charge in [0.2, 0.25) is 5.88 Å². The van der Waals surface area contributed by atoms with Crippen LogP contribution in [0.15, 0.2) is 33.5 Å². The number of nitrogens with zero attached hydrogens (tertiary/aromatic N) is 2. The summed E-state index contributed by atoms with van der Waals surface area (Å²) in [5.41, 5.74) is 1.93. The molecule has 1 fully saturated rings. The van der Waals surface area contributed by atoms with E-state index in [1.54, 1.807) is 24.8 Å². The van der Waals surface area contributed by atoms with E-state index in [0.29, 0.717) is 22.1 Å². The predicted molar refractivity (Wildman–Crippen MR) is 127 cm³/mol. The number of fused-ring (bicyclic) bond motifs is 1. The number of piperidine rings is 1. The van der Waals surface area contributed by atoms with Crippen LogP contribution in [0.4, 0.5) is 20.4 Å². The van der Waals surface area contributed by atoms with Gasteiger partial charge < -0.3 is 19.7 Å². The van der Waals surface area contributed by atoms with Crippen molar-refractivity contribution < 1.29 is 23.1 Å². The van der Waals surface area contributed by atoms with Crippen molar-refractivity contribution >= 4 is 40.1 Å². The number of rotatable bonds is 5. The SMILES string of the molecule is Cc1cc([C@@H](C)Nc2ccc(Cl)nc2C(=O)O)c2oc(N3CCC(F)(F)CC3)c(C)c(=O)c2c1. The van der Waals surface area contributed by atoms with Gasteiger partial charge in [-0.1, -0.05) is 17.7 Å². The Hall–Kier alpha value is -3.20. The number of anilines is 2. The Morgan fingerprint density at radius 1 is 1.26 bits per heavy atom. The van der Waals surface area contributed by atoms with Crippen LogP contribution in [0.1, 0.15) is 53.0 Å². The van der Waals surface area contributed by atoms with Crippen LogP contribution < -0.4 is 15.6 Å². The number of pyridine rings is 1. The molecular weight excluding hydrogens is 468 g/mol. The molecule has 1 aliphatic heterocycles. The second kappa shape index (κ2) is 8.87. The van der Waals surface area contributed by atoms with Gasteiger partial charge in [0.15, 0.2) is 11.1 Å². The molecule has 1 aromatic carbocycles. The molecule has 3 aromatic rings. The van der Waals surface area contributed by atoms with Crippen molar-refractivity contribution in [3.05, 3.63) is 62.0 Å². The number of alkyl halides is 2. The second-order valence-electron chi connectivity index (χ2n) is 8.64. The highest BCUT2D eigenvalue weighted by molar-refractivity contribution is 6.29. The van der Waals surface area contributed by atoms with E-state index < -0.39 is 17.9 Å². The van der Waals surface area contributed by atoms with Crippen LogP contribution in [0.3, 0.4) is 0 Å². The average Bonchev–Trinajstić information content (AvgIpc) is 2.77. The van der Waals surface area contributed by atoms with E-state index in [1.807, 2.05) is 13.0 Å². The summed E-state index contributed by atoms with van der Waals surface area (Å²) >= 11 is 5.85. The molecule has 0 unspecified atom stereocenters. The lowest BCUT2D eigenvalue weighted by molar-refractivity contribution is -0.0225. The molecule has 2 N–H and O–H groups in total. The Bertz CT molecular complexity index is 1330. The van der Waals surface area contributed by atoms with Crippen LogP contribution in [-0.4, -0.2) is 35.1 Å². The number of carboxylic acid groups (broad SMARTS) is 1. The Labute approximate surface area is 199 Å². The minimum atomic E-state index is -2.73. The molecule has 34 heavy (non-hydrogen) atoms. The standard InChI is InChI=1S/C24H24ClF2N3O4/c1-12-10-15(14(3)28-17-4-5-18(25)29-19(17)23(32)33)21-16(11-12)20(31)13(2)22(34-21)30-8-6-24(26,27)7-9-30/h4-5,10-11,14,28H,6-9H2,1-3H3,(H,32,33)/t14-/m1/s1. The quantitative estimate of drug-likeness (QED) is 0.451. The van der Waals surface area contributed by atoms with Crippen LogP contribution in [0.2, 0.25) is 5.15 Å². The number of aryl methyl sites for hydroxylation is 1. The third kappa shape index (κ3) is 4.57. The molecule has 0 bridgehead atoms. The van der Waals surface area contributed by atoms with Crippen molar-refractivity contribution in [1.82, 2.24) is 4.98 Å². The highest BCUT2D eigenvalue weighted by Crippen LogP contribution is 2.35. The van der Waals surface area contributed by atoms with E-state index in [9.17, 15) is 23.5 Å². The van der Waals surface area contributed by atoms with Crippen molar-refractivity contribution in [2.24, 2.45) is 0 Å². The zero-order valence-electron chi connectivity index (χ0n) is 18.9. The molecule has 4 rings (SSSR count). The molecule has 0 aliphatic carbocycles. The van der Waals surface area contributed by atoms with Crippen molar-refractivity contribution in [3.63, 3.8) is 0 Å². The molecule has 0 spiro atoms. The summed E-state index contributed by atoms with van der Waals surface area (Å²) in [5, 5.41) is 13.0. The first-order valence-corrected chi connectivity index (χ1v) is 11.2. The maximum atomic E-state index is 13.7. The zero-order chi connectivity index (χ0) is 24.8. The van der Waals surface area contributed by atoms with Gasteiger partial charge in [-0.3, -0.25) is 4.79 Å². The number of benzene rings is 1. The fourth-order valence-corrected chi connectivity index (χ4v) is 4.39. The van der Waals surface area contributed by atoms with Gasteiger partial charge in [-0.05, 0) is 44.5 Å². The number of nitrogens with one attached hydrogen (secondary N) is 1. The topological polar surface area (TPSA) is 95.7 Å². The first-order valence-electron chi connectivity index (χ1n) is 10.8. The Balaban J connectivity index is 1.79. The van der Waals surface area contributed by atoms with Crippen LogP contribution >= 0.6 is 11.6 Å². The van der Waals surface area contributed by atoms with E-state index >= 15 is 0 Å². The fraction of sp³-hybridized carbons (Fsp3) is 0.375. The number of halogens is 3. The average molecular weight is 492 g/mol. The summed E-state index contributed by atoms with van der Waals surface area (Å²) in [4.78, 5) is 30.4. The predicted octanol–water partition coefficient (Wildman–Crippen LogP) is 5.57. The summed E-state index contributed by atoms with van der Waals surface area (Å²) in [5.74, 6) is -3.68. The van der Waals surface area contributed by atoms with E-state index in [-0.39, 0.29) is 53.8 Å². The molecule has 1 aliphatic rings. The summed E-state index contributed by atoms with van der Waals surface area (Å²) < 4.78 is 33.6. The lowest BCUT2D eigenvalue weighted by Gasteiger charge is -2.33. The molecule has 2 aromatic heterocycles. The smallest absolute Gasteiger partial charge is 0.356 e. The number of hydrogen-bond acceptors (Lipinski definition) is 6. The number of aromatic carboxylic acids is 1. The van der Waals surface area contributed by atoms with Crippen LogP contribution in [0.5, 0.6) is 0 Å². The van der Waals surface area contributed by atoms with Crippen molar-refractivity contribution in [2.45, 2.75) is 45.6 Å². The highest BCUT2D eigenvalue weighted by atomic mass is 35.5. The summed E-state index contributed by atoms with van der Waals surface area (Å²) in [6.07, 6.45) is -0.622. The number of aromatic nitrogens is 1. The molecule has 1 atom stereocenters. The summed E-state index contributed by atoms with van der Waals surface area (Å²) in [7, 11) is 0. The summed E-state index contributed by atoms with van der Waals surface area (Å²) in [6.45, 7) is 5.44. The molecule has 0 amide bonds. The largest absolute Gasteiger partial charge is 0.476 e. The van der Waals surface area contributed by atoms with Gasteiger partial charge in [-0.15, -0.1) is 0 Å². The molecule has 7 nitrogen and oxygen atoms in total. The van der Waals surface area contributed by atoms with Crippen molar-refractivity contribution in [1.29, 1.82) is 0 Å². The van der Waals surface area contributed by atoms with Crippen molar-refractivity contribution in [2.75, 3.05) is 23.3 Å². The molecule has 10 heteroatoms. The Morgan fingerprint density at radius 2 is 1.94 bits per heavy atom. The molecule has 1 saturated heterocycles. The van der Waals surface area contributed by atoms with Gasteiger partial charge in [-0.25, -0.2) is 18.6 Å². The summed E-state index contributed by atoms with van der Waals surface area (Å²) in [6, 6.07) is 6.09. The number of carbonyl (C=O) groups is 1. The van der Waals surface area contributed by atoms with E-state index in [1.165, 1.54) is 12.1 Å². The highest BCUT2D eigenvalue weighted by Gasteiger charge is 2.35. The van der Waals surface area contributed by atoms with Crippen LogP contribution in [-0.2, 0) is 0 Å². The fourth-order valence-electron chi connectivity index (χ4n) is 4.24. The molecule has 180 valence electrons. The van der Waals surface area contributed by atoms with Crippen LogP contribution in [0.25, 0.3) is 11.0 Å². The minimum Gasteiger partial charge on any atom is -0.476 e. The third-order valence-electron chi connectivity index (χ3n) is 6.05. The third-order valence-corrected chi connectivity index (χ3v) is 6.26. The lowest BCUT2D eigenvalue weighted by atomic mass is 10.00. The molecular formula is C24H24ClF2N3O4. The van der Waals surface area contributed by atoms with Gasteiger partial charge in [-0.2, -0.15) is 0 Å². The monoisotopic (exact) mass is 491 g/mol. The molecule has 3 heterocycles. The first kappa shape index (κ1) is 23.9. The molecule has 0 saturated carbocycles. The van der Waals surface area contributed by atoms with Crippen LogP contribution in [0, 0.1) is 13.8 Å². The normalized spacial score (nSPS) is 16.5. The van der Waals surface area contributed by atoms with E-state index in [4.69, 9.17) is 16.0 Å². The van der Waals surface area contributed by atoms with Gasteiger partial charge in [0.25, 0.3) is 5.92 Å². The van der Waals surface area contributed by atoms with Crippen molar-refractivity contribution in [3.8, 4) is 0 Å². The van der Waals surface area contributed by atoms with E-state index in [2.05, 4.69) is 10.3 Å². The maximum absolute atomic E-state index is 13.7. The maximum Gasteiger partial charge on any atom is 0.356 e. The second-order valence-corrected chi connectivity index (χ2v) is 9.02. The number of carboxylic acids is 1. The Kier molecular flexibility index (Phi) is 6.24. The lowest BCUT2D eigenvalue weighted by Crippen LogP contribution is -2.40. The Morgan fingerprint density at radius 3 is 2.59 bits per heavy atom. The van der Waals surface area contributed by atoms with Gasteiger partial charge in [0.05, 0.1) is 22.7 Å². The van der Waals surface area contributed by atoms with Gasteiger partial charge in [0.1, 0.15) is 10.7 Å². The van der Waals surface area contributed by atoms with Gasteiger partial charge >= 0.3 is 5.97 Å². The van der Waals surface area contributed by atoms with E-state index in [0.717, 1.165) is 5.56 Å². The number of hydrogen-bond donors (Lipinski definition) is 2. The zero-order valence-corrected chi connectivity index (χ0v) is 19.7. The first-order chi connectivity index (χ1) is 16.0. The minimum absolute atomic E-state index is 0.0508. The molecule has 0 radical (unpaired) electrons. The van der Waals surface area contributed by atoms with Gasteiger partial charge in [0, 0.05) is 31.5 Å².